The fourth-order valence-corrected chi connectivity index (χ4v) is 11.6. The second kappa shape index (κ2) is 13.5. The number of anilines is 5. The summed E-state index contributed by atoms with van der Waals surface area (Å²) in [5.74, 6) is 0.0304. The van der Waals surface area contributed by atoms with Crippen molar-refractivity contribution in [1.29, 1.82) is 0 Å². The quantitative estimate of drug-likeness (QED) is 0.0951. The monoisotopic (exact) mass is 729 g/mol. The van der Waals surface area contributed by atoms with Crippen LogP contribution in [-0.2, 0) is 9.59 Å². The van der Waals surface area contributed by atoms with Crippen LogP contribution in [0.5, 0.6) is 0 Å². The van der Waals surface area contributed by atoms with Crippen molar-refractivity contribution in [2.75, 3.05) is 47.9 Å². The maximum Gasteiger partial charge on any atom is 0.225 e. The Kier molecular flexibility index (Phi) is 9.20. The third-order valence-electron chi connectivity index (χ3n) is 12.8. The van der Waals surface area contributed by atoms with Crippen LogP contribution in [0.4, 0.5) is 28.4 Å². The van der Waals surface area contributed by atoms with E-state index in [0.29, 0.717) is 52.3 Å². The van der Waals surface area contributed by atoms with Gasteiger partial charge in [-0.15, -0.1) is 0 Å². The van der Waals surface area contributed by atoms with E-state index in [0.717, 1.165) is 70.7 Å². The van der Waals surface area contributed by atoms with Gasteiger partial charge in [0.25, 0.3) is 0 Å². The molecule has 2 aliphatic carbocycles. The molecule has 3 aromatic carbocycles. The molecule has 4 aliphatic rings. The Morgan fingerprint density at radius 1 is 0.667 bits per heavy atom. The van der Waals surface area contributed by atoms with Crippen LogP contribution in [0.1, 0.15) is 92.9 Å². The highest BCUT2D eigenvalue weighted by atomic mass is 16.2. The van der Waals surface area contributed by atoms with Crippen LogP contribution >= 0.6 is 0 Å². The van der Waals surface area contributed by atoms with Gasteiger partial charge in [0, 0.05) is 84.6 Å². The zero-order valence-corrected chi connectivity index (χ0v) is 33.1. The van der Waals surface area contributed by atoms with Gasteiger partial charge in [0.05, 0.1) is 16.7 Å². The number of carbonyl (C=O) groups excluding carboxylic acids is 2. The van der Waals surface area contributed by atoms with Crippen LogP contribution in [-0.4, -0.2) is 64.9 Å². The van der Waals surface area contributed by atoms with Gasteiger partial charge in [0.2, 0.25) is 11.8 Å². The highest BCUT2D eigenvalue weighted by Gasteiger charge is 2.50. The van der Waals surface area contributed by atoms with Crippen molar-refractivity contribution < 1.29 is 9.59 Å². The molecule has 9 heteroatoms. The molecule has 4 atom stereocenters. The number of nitrogens with two attached hydrogens (primary N) is 1. The highest BCUT2D eigenvalue weighted by molar-refractivity contribution is 6.10. The van der Waals surface area contributed by atoms with Crippen molar-refractivity contribution in [3.8, 4) is 0 Å². The number of nitrogens with one attached hydrogen (secondary N) is 3. The Hall–Kier alpha value is -4.21. The molecule has 54 heavy (non-hydrogen) atoms. The minimum Gasteiger partial charge on any atom is -0.399 e. The van der Waals surface area contributed by atoms with Gasteiger partial charge in [0.15, 0.2) is 0 Å². The molecule has 9 nitrogen and oxygen atoms in total. The average molecular weight is 730 g/mol. The highest BCUT2D eigenvalue weighted by Crippen LogP contribution is 2.53. The number of nitrogens with zero attached hydrogens (tertiary/aromatic N) is 3. The molecular formula is C45H59N7O2. The lowest BCUT2D eigenvalue weighted by Crippen LogP contribution is -2.35. The number of aromatic nitrogens is 1. The molecule has 5 N–H and O–H groups in total. The second-order valence-electron chi connectivity index (χ2n) is 19.7. The summed E-state index contributed by atoms with van der Waals surface area (Å²) in [4.78, 5) is 36.8. The van der Waals surface area contributed by atoms with Crippen LogP contribution in [0.25, 0.3) is 21.8 Å². The fraction of sp³-hybridized carbons (Fsp3) is 0.533. The van der Waals surface area contributed by atoms with Crippen molar-refractivity contribution in [3.05, 3.63) is 60.7 Å². The topological polar surface area (TPSA) is 116 Å². The van der Waals surface area contributed by atoms with Crippen molar-refractivity contribution in [1.82, 2.24) is 14.8 Å². The van der Waals surface area contributed by atoms with Crippen LogP contribution in [0.2, 0.25) is 0 Å². The fourth-order valence-electron chi connectivity index (χ4n) is 11.6. The third-order valence-corrected chi connectivity index (χ3v) is 12.8. The molecule has 0 spiro atoms. The van der Waals surface area contributed by atoms with Crippen molar-refractivity contribution >= 4 is 62.1 Å². The molecule has 4 fully saturated rings. The SMILES string of the molecule is CC1(C)CC2CC(C)(CN2CCC(=O)Nc2ccc3c(Nc4ccc(N)cc4)c4ccc(NC(=O)CCN5CC6(C)CC5CC(C)(C)C6)cc4nc3c2)C1. The Morgan fingerprint density at radius 2 is 1.11 bits per heavy atom. The first-order valence-corrected chi connectivity index (χ1v) is 20.1. The van der Waals surface area contributed by atoms with Gasteiger partial charge in [-0.1, -0.05) is 41.5 Å². The van der Waals surface area contributed by atoms with Gasteiger partial charge in [-0.25, -0.2) is 4.98 Å². The number of hydrogen-bond acceptors (Lipinski definition) is 7. The van der Waals surface area contributed by atoms with Gasteiger partial charge in [-0.05, 0) is 121 Å². The van der Waals surface area contributed by atoms with Crippen molar-refractivity contribution in [3.63, 3.8) is 0 Å². The number of rotatable bonds is 10. The number of fused-ring (bicyclic) bond motifs is 6. The van der Waals surface area contributed by atoms with Crippen molar-refractivity contribution in [2.24, 2.45) is 21.7 Å². The molecule has 286 valence electrons. The average Bonchev–Trinajstić information content (AvgIpc) is 3.47. The standard InChI is InChI=1S/C45H59N7O2/c1-42(2)21-33-23-44(5,25-42)27-51(33)17-15-39(53)47-31-11-13-35-37(19-31)50-38-20-32(12-14-36(38)41(35)49-30-9-7-29(46)8-10-30)48-40(54)16-18-52-28-45(6)24-34(52)22-43(3,4)26-45/h7-14,19-20,33-34H,15-18,21-28,46H2,1-6H3,(H,47,53)(H,48,54)(H,49,50). The number of carbonyl (C=O) groups is 2. The van der Waals surface area contributed by atoms with Crippen molar-refractivity contribution in [2.45, 2.75) is 105 Å². The minimum absolute atomic E-state index is 0.0152. The Bertz CT molecular complexity index is 1970. The van der Waals surface area contributed by atoms with Gasteiger partial charge in [-0.2, -0.15) is 0 Å². The summed E-state index contributed by atoms with van der Waals surface area (Å²) in [7, 11) is 0. The lowest BCUT2D eigenvalue weighted by Gasteiger charge is -2.40. The normalized spacial score (nSPS) is 27.3. The molecule has 4 unspecified atom stereocenters. The van der Waals surface area contributed by atoms with E-state index in [4.69, 9.17) is 10.7 Å². The summed E-state index contributed by atoms with van der Waals surface area (Å²) in [5.41, 5.74) is 12.8. The summed E-state index contributed by atoms with van der Waals surface area (Å²) in [5, 5.41) is 11.8. The summed E-state index contributed by atoms with van der Waals surface area (Å²) in [6.45, 7) is 18.1. The number of hydrogen-bond donors (Lipinski definition) is 4. The predicted octanol–water partition coefficient (Wildman–Crippen LogP) is 9.17. The van der Waals surface area contributed by atoms with Gasteiger partial charge >= 0.3 is 0 Å². The minimum atomic E-state index is 0.0152. The molecule has 2 aliphatic heterocycles. The van der Waals surface area contributed by atoms with E-state index in [-0.39, 0.29) is 11.8 Å². The first kappa shape index (κ1) is 36.8. The first-order chi connectivity index (χ1) is 25.5. The molecular weight excluding hydrogens is 671 g/mol. The first-order valence-electron chi connectivity index (χ1n) is 20.1. The lowest BCUT2D eigenvalue weighted by atomic mass is 9.65. The van der Waals surface area contributed by atoms with E-state index in [1.54, 1.807) is 0 Å². The summed E-state index contributed by atoms with van der Waals surface area (Å²) < 4.78 is 0. The molecule has 4 aromatic rings. The van der Waals surface area contributed by atoms with Gasteiger partial charge < -0.3 is 21.7 Å². The van der Waals surface area contributed by atoms with Crippen LogP contribution < -0.4 is 21.7 Å². The molecule has 2 saturated heterocycles. The van der Waals surface area contributed by atoms with E-state index < -0.39 is 0 Å². The summed E-state index contributed by atoms with van der Waals surface area (Å²) in [6.07, 6.45) is 8.28. The molecule has 2 saturated carbocycles. The zero-order chi connectivity index (χ0) is 38.0. The summed E-state index contributed by atoms with van der Waals surface area (Å²) >= 11 is 0. The van der Waals surface area contributed by atoms with Gasteiger partial charge in [-0.3, -0.25) is 19.4 Å². The molecule has 8 rings (SSSR count). The zero-order valence-electron chi connectivity index (χ0n) is 33.1. The number of nitrogen functional groups attached to an aromatic ring is 1. The Morgan fingerprint density at radius 3 is 1.57 bits per heavy atom. The number of amides is 2. The van der Waals surface area contributed by atoms with E-state index in [1.165, 1.54) is 38.5 Å². The number of pyridine rings is 1. The van der Waals surface area contributed by atoms with E-state index >= 15 is 0 Å². The number of benzene rings is 3. The van der Waals surface area contributed by atoms with Crippen LogP contribution in [0, 0.1) is 21.7 Å². The number of likely N-dealkylation sites (tertiary alicyclic amines) is 2. The van der Waals surface area contributed by atoms with E-state index in [2.05, 4.69) is 67.3 Å². The Labute approximate surface area is 320 Å². The maximum absolute atomic E-state index is 13.3. The van der Waals surface area contributed by atoms with E-state index in [1.807, 2.05) is 60.7 Å². The van der Waals surface area contributed by atoms with Gasteiger partial charge in [0.1, 0.15) is 0 Å². The largest absolute Gasteiger partial charge is 0.399 e. The Balaban J connectivity index is 0.991. The molecule has 1 aromatic heterocycles. The lowest BCUT2D eigenvalue weighted by molar-refractivity contribution is -0.117. The molecule has 4 bridgehead atoms. The molecule has 0 radical (unpaired) electrons. The second-order valence-corrected chi connectivity index (χ2v) is 19.7. The van der Waals surface area contributed by atoms with Crippen LogP contribution in [0.3, 0.4) is 0 Å². The van der Waals surface area contributed by atoms with E-state index in [9.17, 15) is 9.59 Å². The summed E-state index contributed by atoms with van der Waals surface area (Å²) in [6, 6.07) is 20.7. The smallest absolute Gasteiger partial charge is 0.225 e. The molecule has 3 heterocycles. The predicted molar refractivity (Wildman–Crippen MR) is 222 cm³/mol. The maximum atomic E-state index is 13.3. The van der Waals surface area contributed by atoms with Crippen LogP contribution in [0.15, 0.2) is 60.7 Å². The molecule has 2 amide bonds. The third kappa shape index (κ3) is 7.80.